The monoisotopic (exact) mass is 510 g/mol. The van der Waals surface area contributed by atoms with E-state index in [1.165, 1.54) is 0 Å². The van der Waals surface area contributed by atoms with Gasteiger partial charge in [0.1, 0.15) is 32.0 Å². The van der Waals surface area contributed by atoms with Gasteiger partial charge in [-0.3, -0.25) is 0 Å². The minimum absolute atomic E-state index is 0.00154. The van der Waals surface area contributed by atoms with E-state index in [0.717, 1.165) is 32.1 Å². The topological polar surface area (TPSA) is 83.5 Å². The van der Waals surface area contributed by atoms with Crippen molar-refractivity contribution in [2.75, 3.05) is 6.61 Å². The lowest BCUT2D eigenvalue weighted by Crippen LogP contribution is -2.48. The van der Waals surface area contributed by atoms with Crippen molar-refractivity contribution in [2.45, 2.75) is 147 Å². The molecular weight excluding hydrogens is 464 g/mol. The molecule has 0 aromatic rings. The summed E-state index contributed by atoms with van der Waals surface area (Å²) < 4.78 is 29.8. The Balaban J connectivity index is 1.54. The van der Waals surface area contributed by atoms with Crippen LogP contribution in [-0.4, -0.2) is 72.8 Å². The molecule has 3 saturated heterocycles. The summed E-state index contributed by atoms with van der Waals surface area (Å²) >= 11 is 0. The van der Waals surface area contributed by atoms with Crippen LogP contribution in [0.15, 0.2) is 0 Å². The Morgan fingerprint density at radius 2 is 1.57 bits per heavy atom. The van der Waals surface area contributed by atoms with Gasteiger partial charge in [-0.2, -0.15) is 0 Å². The van der Waals surface area contributed by atoms with Gasteiger partial charge in [-0.15, -0.1) is 5.54 Å². The predicted octanol–water partition coefficient (Wildman–Crippen LogP) is 4.99. The number of carbonyl (C=O) groups is 1. The Kier molecular flexibility index (Phi) is 8.11. The minimum Gasteiger partial charge on any atom is -0.431 e. The predicted molar refractivity (Wildman–Crippen MR) is 137 cm³/mol. The van der Waals surface area contributed by atoms with E-state index in [0.29, 0.717) is 6.42 Å². The van der Waals surface area contributed by atoms with Crippen molar-refractivity contribution < 1.29 is 33.6 Å². The summed E-state index contributed by atoms with van der Waals surface area (Å²) in [7, 11) is -1.43. The molecule has 3 rings (SSSR count). The molecule has 0 aliphatic carbocycles. The molecule has 3 aliphatic rings. The van der Waals surface area contributed by atoms with E-state index in [2.05, 4.69) is 45.0 Å². The molecule has 0 saturated carbocycles. The second-order valence-corrected chi connectivity index (χ2v) is 18.0. The Morgan fingerprint density at radius 3 is 2.14 bits per heavy atom. The lowest BCUT2D eigenvalue weighted by molar-refractivity contribution is -0.192. The zero-order valence-corrected chi connectivity index (χ0v) is 24.2. The first-order chi connectivity index (χ1) is 15.9. The van der Waals surface area contributed by atoms with Gasteiger partial charge in [0.05, 0.1) is 29.5 Å². The lowest BCUT2D eigenvalue weighted by Gasteiger charge is -2.36. The molecule has 3 heterocycles. The lowest BCUT2D eigenvalue weighted by atomic mass is 9.90. The first-order valence-corrected chi connectivity index (χ1v) is 16.5. The van der Waals surface area contributed by atoms with E-state index < -0.39 is 37.1 Å². The van der Waals surface area contributed by atoms with Gasteiger partial charge in [-0.05, 0) is 80.1 Å². The van der Waals surface area contributed by atoms with Crippen molar-refractivity contribution >= 4 is 14.2 Å². The van der Waals surface area contributed by atoms with Crippen molar-refractivity contribution in [1.29, 1.82) is 0 Å². The van der Waals surface area contributed by atoms with E-state index in [1.54, 1.807) is 27.7 Å². The van der Waals surface area contributed by atoms with Crippen LogP contribution in [0.3, 0.4) is 0 Å². The maximum Gasteiger partial charge on any atom is 0.508 e. The van der Waals surface area contributed by atoms with E-state index in [-0.39, 0.29) is 30.5 Å². The third-order valence-corrected chi connectivity index (χ3v) is 8.08. The molecule has 35 heavy (non-hydrogen) atoms. The highest BCUT2D eigenvalue weighted by Crippen LogP contribution is 2.46. The molecule has 7 nitrogen and oxygen atoms in total. The van der Waals surface area contributed by atoms with Gasteiger partial charge in [0, 0.05) is 0 Å². The van der Waals surface area contributed by atoms with Crippen LogP contribution in [0.4, 0.5) is 4.79 Å². The van der Waals surface area contributed by atoms with E-state index >= 15 is 0 Å². The quantitative estimate of drug-likeness (QED) is 0.317. The van der Waals surface area contributed by atoms with Gasteiger partial charge in [0.15, 0.2) is 0 Å². The molecule has 0 bridgehead atoms. The first-order valence-electron chi connectivity index (χ1n) is 13.0. The van der Waals surface area contributed by atoms with E-state index in [1.807, 2.05) is 0 Å². The summed E-state index contributed by atoms with van der Waals surface area (Å²) in [6, 6.07) is 0. The summed E-state index contributed by atoms with van der Waals surface area (Å²) in [5.74, 6) is 3.37. The highest BCUT2D eigenvalue weighted by Gasteiger charge is 2.54. The molecule has 0 unspecified atom stereocenters. The molecule has 0 spiro atoms. The number of carbonyl (C=O) groups excluding carboxylic acids is 1. The standard InChI is InChI=1S/C27H46O7Si/c1-24(2,3)34-23(28)30-18-25(4,29)20-13-16-27(6,33-20)22-11-10-21(31-22)26(5)15-12-19(32-26)14-17-35(7,8)9/h19-22,29H,10-13,15-16,18H2,1-9H3/t19-,20+,21+,22-,25-,26-,27+/m1/s1. The van der Waals surface area contributed by atoms with Crippen molar-refractivity contribution in [3.8, 4) is 11.5 Å². The SMILES string of the molecule is CC(C)(C)OC(=O)OC[C@@](C)(O)[C@@H]1CC[C@@](C)([C@H]2CC[C@@H]([C@@]3(C)CC[C@H](C#C[Si](C)(C)C)O3)O2)O1. The van der Waals surface area contributed by atoms with Crippen molar-refractivity contribution in [3.63, 3.8) is 0 Å². The molecule has 7 atom stereocenters. The van der Waals surface area contributed by atoms with Crippen LogP contribution in [0, 0.1) is 11.5 Å². The van der Waals surface area contributed by atoms with Crippen molar-refractivity contribution in [2.24, 2.45) is 0 Å². The molecule has 200 valence electrons. The summed E-state index contributed by atoms with van der Waals surface area (Å²) in [6.07, 6.45) is 3.75. The Morgan fingerprint density at radius 1 is 1.00 bits per heavy atom. The highest BCUT2D eigenvalue weighted by molar-refractivity contribution is 6.83. The largest absolute Gasteiger partial charge is 0.508 e. The molecule has 3 aliphatic heterocycles. The van der Waals surface area contributed by atoms with Gasteiger partial charge in [0.25, 0.3) is 0 Å². The molecule has 0 radical (unpaired) electrons. The fourth-order valence-electron chi connectivity index (χ4n) is 5.14. The van der Waals surface area contributed by atoms with Gasteiger partial charge < -0.3 is 28.8 Å². The van der Waals surface area contributed by atoms with Gasteiger partial charge in [0.2, 0.25) is 0 Å². The number of rotatable bonds is 5. The van der Waals surface area contributed by atoms with E-state index in [9.17, 15) is 9.90 Å². The van der Waals surface area contributed by atoms with Crippen LogP contribution in [0.5, 0.6) is 0 Å². The van der Waals surface area contributed by atoms with Crippen LogP contribution < -0.4 is 0 Å². The van der Waals surface area contributed by atoms with Gasteiger partial charge >= 0.3 is 6.16 Å². The minimum atomic E-state index is -1.43. The number of aliphatic hydroxyl groups is 1. The zero-order chi connectivity index (χ0) is 26.3. The van der Waals surface area contributed by atoms with Crippen molar-refractivity contribution in [1.82, 2.24) is 0 Å². The number of hydrogen-bond acceptors (Lipinski definition) is 7. The molecule has 0 aromatic heterocycles. The fourth-order valence-corrected chi connectivity index (χ4v) is 5.74. The molecule has 3 fully saturated rings. The molecule has 8 heteroatoms. The van der Waals surface area contributed by atoms with Gasteiger partial charge in [-0.25, -0.2) is 4.79 Å². The second kappa shape index (κ2) is 9.98. The Hall–Kier alpha value is -1.11. The Labute approximate surface area is 212 Å². The summed E-state index contributed by atoms with van der Waals surface area (Å²) in [5.41, 5.74) is 0.613. The number of hydrogen-bond donors (Lipinski definition) is 1. The maximum atomic E-state index is 11.9. The van der Waals surface area contributed by atoms with Crippen LogP contribution in [-0.2, 0) is 23.7 Å². The molecular formula is C27H46O7Si. The maximum absolute atomic E-state index is 11.9. The average molecular weight is 511 g/mol. The smallest absolute Gasteiger partial charge is 0.431 e. The summed E-state index contributed by atoms with van der Waals surface area (Å²) in [4.78, 5) is 11.9. The third-order valence-electron chi connectivity index (χ3n) is 7.18. The van der Waals surface area contributed by atoms with Crippen LogP contribution in [0.1, 0.15) is 80.1 Å². The first kappa shape index (κ1) is 28.5. The zero-order valence-electron chi connectivity index (χ0n) is 23.2. The normalized spacial score (nSPS) is 37.4. The highest BCUT2D eigenvalue weighted by atomic mass is 28.3. The average Bonchev–Trinajstić information content (AvgIpc) is 3.43. The summed E-state index contributed by atoms with van der Waals surface area (Å²) in [5, 5.41) is 11.0. The van der Waals surface area contributed by atoms with Crippen LogP contribution in [0.25, 0.3) is 0 Å². The Bertz CT molecular complexity index is 833. The van der Waals surface area contributed by atoms with Gasteiger partial charge in [-0.1, -0.05) is 25.6 Å². The fraction of sp³-hybridized carbons (Fsp3) is 0.889. The summed E-state index contributed by atoms with van der Waals surface area (Å²) in [6.45, 7) is 17.7. The van der Waals surface area contributed by atoms with Crippen LogP contribution >= 0.6 is 0 Å². The number of ether oxygens (including phenoxy) is 5. The van der Waals surface area contributed by atoms with Crippen LogP contribution in [0.2, 0.25) is 19.6 Å². The second-order valence-electron chi connectivity index (χ2n) is 13.2. The molecule has 1 N–H and O–H groups in total. The molecule has 0 amide bonds. The third kappa shape index (κ3) is 7.45. The molecule has 0 aromatic carbocycles. The van der Waals surface area contributed by atoms with Crippen molar-refractivity contribution in [3.05, 3.63) is 0 Å². The van der Waals surface area contributed by atoms with E-state index in [4.69, 9.17) is 23.7 Å².